The lowest BCUT2D eigenvalue weighted by molar-refractivity contribution is 0.522. The fourth-order valence-corrected chi connectivity index (χ4v) is 4.28. The number of hydrogen-bond donors (Lipinski definition) is 1. The lowest BCUT2D eigenvalue weighted by atomic mass is 10.1. The molecule has 0 aromatic carbocycles. The summed E-state index contributed by atoms with van der Waals surface area (Å²) < 4.78 is 4.30. The molecule has 104 valence electrons. The second kappa shape index (κ2) is 7.02. The van der Waals surface area contributed by atoms with Crippen LogP contribution in [0.3, 0.4) is 0 Å². The van der Waals surface area contributed by atoms with Gasteiger partial charge in [0.1, 0.15) is 0 Å². The first kappa shape index (κ1) is 15.2. The van der Waals surface area contributed by atoms with Crippen molar-refractivity contribution in [1.82, 2.24) is 15.1 Å². The van der Waals surface area contributed by atoms with E-state index >= 15 is 0 Å². The number of nitrogens with one attached hydrogen (secondary N) is 1. The molecule has 0 radical (unpaired) electrons. The zero-order chi connectivity index (χ0) is 13.8. The van der Waals surface area contributed by atoms with Gasteiger partial charge in [0, 0.05) is 15.9 Å². The van der Waals surface area contributed by atoms with Gasteiger partial charge < -0.3 is 5.32 Å². The third-order valence-corrected chi connectivity index (χ3v) is 5.40. The molecule has 0 aliphatic carbocycles. The van der Waals surface area contributed by atoms with Gasteiger partial charge in [-0.2, -0.15) is 5.10 Å². The average Bonchev–Trinajstić information content (AvgIpc) is 2.95. The molecule has 2 aromatic rings. The highest BCUT2D eigenvalue weighted by atomic mass is 79.9. The van der Waals surface area contributed by atoms with Crippen molar-refractivity contribution in [2.45, 2.75) is 32.9 Å². The van der Waals surface area contributed by atoms with Crippen LogP contribution >= 0.6 is 43.2 Å². The molecule has 19 heavy (non-hydrogen) atoms. The van der Waals surface area contributed by atoms with Gasteiger partial charge in [0.25, 0.3) is 0 Å². The molecule has 3 nitrogen and oxygen atoms in total. The molecule has 1 N–H and O–H groups in total. The molecular formula is C13H17Br2N3S. The minimum absolute atomic E-state index is 0.169. The molecule has 0 aliphatic rings. The van der Waals surface area contributed by atoms with Gasteiger partial charge in [-0.3, -0.25) is 4.68 Å². The van der Waals surface area contributed by atoms with Gasteiger partial charge in [0.2, 0.25) is 0 Å². The normalized spacial score (nSPS) is 12.8. The Kier molecular flexibility index (Phi) is 5.62. The Hall–Kier alpha value is -0.170. The summed E-state index contributed by atoms with van der Waals surface area (Å²) in [7, 11) is 0. The van der Waals surface area contributed by atoms with Crippen molar-refractivity contribution in [1.29, 1.82) is 0 Å². The molecule has 0 fully saturated rings. The second-order valence-corrected chi connectivity index (χ2v) is 6.88. The molecule has 2 rings (SSSR count). The van der Waals surface area contributed by atoms with Gasteiger partial charge in [-0.15, -0.1) is 11.3 Å². The smallest absolute Gasteiger partial charge is 0.0864 e. The molecule has 0 amide bonds. The van der Waals surface area contributed by atoms with Gasteiger partial charge in [-0.1, -0.05) is 13.8 Å². The predicted molar refractivity (Wildman–Crippen MR) is 87.8 cm³/mol. The molecule has 0 bridgehead atoms. The van der Waals surface area contributed by atoms with E-state index in [1.807, 2.05) is 6.20 Å². The van der Waals surface area contributed by atoms with E-state index < -0.39 is 0 Å². The standard InChI is InChI=1S/C13H17Br2N3S/c1-3-6-18-12(10(15)8-17-18)11(16-4-2)13-9(14)5-7-19-13/h5,7-8,11,16H,3-4,6H2,1-2H3. The summed E-state index contributed by atoms with van der Waals surface area (Å²) in [4.78, 5) is 1.29. The highest BCUT2D eigenvalue weighted by molar-refractivity contribution is 9.10. The Morgan fingerprint density at radius 3 is 2.74 bits per heavy atom. The average molecular weight is 407 g/mol. The molecule has 0 saturated heterocycles. The van der Waals surface area contributed by atoms with E-state index in [-0.39, 0.29) is 6.04 Å². The highest BCUT2D eigenvalue weighted by Crippen LogP contribution is 2.36. The molecule has 2 aromatic heterocycles. The lowest BCUT2D eigenvalue weighted by Gasteiger charge is -2.19. The monoisotopic (exact) mass is 405 g/mol. The molecule has 0 aliphatic heterocycles. The van der Waals surface area contributed by atoms with Crippen molar-refractivity contribution >= 4 is 43.2 Å². The largest absolute Gasteiger partial charge is 0.305 e. The highest BCUT2D eigenvalue weighted by Gasteiger charge is 2.23. The third-order valence-electron chi connectivity index (χ3n) is 2.86. The number of halogens is 2. The molecule has 0 saturated carbocycles. The van der Waals surface area contributed by atoms with Gasteiger partial charge in [-0.05, 0) is 56.3 Å². The zero-order valence-corrected chi connectivity index (χ0v) is 15.0. The van der Waals surface area contributed by atoms with Crippen molar-refractivity contribution in [3.8, 4) is 0 Å². The van der Waals surface area contributed by atoms with Crippen LogP contribution in [0.1, 0.15) is 36.9 Å². The minimum atomic E-state index is 0.169. The van der Waals surface area contributed by atoms with Crippen molar-refractivity contribution in [3.05, 3.63) is 37.2 Å². The number of hydrogen-bond acceptors (Lipinski definition) is 3. The van der Waals surface area contributed by atoms with Crippen LogP contribution < -0.4 is 5.32 Å². The van der Waals surface area contributed by atoms with Crippen LogP contribution in [0.25, 0.3) is 0 Å². The molecule has 1 atom stereocenters. The maximum Gasteiger partial charge on any atom is 0.0864 e. The third kappa shape index (κ3) is 3.29. The van der Waals surface area contributed by atoms with E-state index in [4.69, 9.17) is 0 Å². The van der Waals surface area contributed by atoms with E-state index in [2.05, 4.69) is 72.3 Å². The van der Waals surface area contributed by atoms with Gasteiger partial charge in [0.05, 0.1) is 22.4 Å². The summed E-state index contributed by atoms with van der Waals surface area (Å²) in [6, 6.07) is 2.27. The first-order valence-electron chi connectivity index (χ1n) is 6.36. The fraction of sp³-hybridized carbons (Fsp3) is 0.462. The van der Waals surface area contributed by atoms with Crippen LogP contribution in [0.4, 0.5) is 0 Å². The van der Waals surface area contributed by atoms with E-state index in [9.17, 15) is 0 Å². The van der Waals surface area contributed by atoms with E-state index in [1.165, 1.54) is 10.6 Å². The maximum absolute atomic E-state index is 4.47. The number of thiophene rings is 1. The van der Waals surface area contributed by atoms with Gasteiger partial charge in [-0.25, -0.2) is 0 Å². The summed E-state index contributed by atoms with van der Waals surface area (Å²) >= 11 is 9.03. The van der Waals surface area contributed by atoms with Crippen LogP contribution in [-0.4, -0.2) is 16.3 Å². The van der Waals surface area contributed by atoms with E-state index in [0.717, 1.165) is 28.5 Å². The topological polar surface area (TPSA) is 29.9 Å². The second-order valence-electron chi connectivity index (χ2n) is 4.22. The summed E-state index contributed by atoms with van der Waals surface area (Å²) in [5.74, 6) is 0. The number of nitrogens with zero attached hydrogens (tertiary/aromatic N) is 2. The maximum atomic E-state index is 4.47. The SMILES string of the molecule is CCCn1ncc(Br)c1C(NCC)c1sccc1Br. The first-order valence-corrected chi connectivity index (χ1v) is 8.83. The summed E-state index contributed by atoms with van der Waals surface area (Å²) in [6.07, 6.45) is 2.96. The molecular weight excluding hydrogens is 390 g/mol. The summed E-state index contributed by atoms with van der Waals surface area (Å²) in [5, 5.41) is 10.1. The van der Waals surface area contributed by atoms with Gasteiger partial charge >= 0.3 is 0 Å². The van der Waals surface area contributed by atoms with Crippen LogP contribution in [0, 0.1) is 0 Å². The fourth-order valence-electron chi connectivity index (χ4n) is 2.08. The Labute approximate surface area is 134 Å². The van der Waals surface area contributed by atoms with E-state index in [1.54, 1.807) is 11.3 Å². The van der Waals surface area contributed by atoms with Crippen molar-refractivity contribution in [3.63, 3.8) is 0 Å². The number of rotatable bonds is 6. The zero-order valence-electron chi connectivity index (χ0n) is 11.0. The van der Waals surface area contributed by atoms with E-state index in [0.29, 0.717) is 0 Å². The van der Waals surface area contributed by atoms with Gasteiger partial charge in [0.15, 0.2) is 0 Å². The summed E-state index contributed by atoms with van der Waals surface area (Å²) in [5.41, 5.74) is 1.20. The van der Waals surface area contributed by atoms with Crippen LogP contribution in [0.15, 0.2) is 26.6 Å². The Balaban J connectivity index is 2.44. The Bertz CT molecular complexity index is 536. The minimum Gasteiger partial charge on any atom is -0.305 e. The lowest BCUT2D eigenvalue weighted by Crippen LogP contribution is -2.25. The van der Waals surface area contributed by atoms with Crippen molar-refractivity contribution in [2.24, 2.45) is 0 Å². The molecule has 0 spiro atoms. The Morgan fingerprint density at radius 1 is 1.37 bits per heavy atom. The molecule has 2 heterocycles. The predicted octanol–water partition coefficient (Wildman–Crippen LogP) is 4.58. The Morgan fingerprint density at radius 2 is 2.16 bits per heavy atom. The van der Waals surface area contributed by atoms with Crippen LogP contribution in [0.5, 0.6) is 0 Å². The quantitative estimate of drug-likeness (QED) is 0.760. The first-order chi connectivity index (χ1) is 9.19. The molecule has 6 heteroatoms. The van der Waals surface area contributed by atoms with Crippen molar-refractivity contribution in [2.75, 3.05) is 6.54 Å². The van der Waals surface area contributed by atoms with Crippen LogP contribution in [0.2, 0.25) is 0 Å². The molecule has 1 unspecified atom stereocenters. The van der Waals surface area contributed by atoms with Crippen molar-refractivity contribution < 1.29 is 0 Å². The number of aromatic nitrogens is 2. The van der Waals surface area contributed by atoms with Crippen LogP contribution in [-0.2, 0) is 6.54 Å². The summed E-state index contributed by atoms with van der Waals surface area (Å²) in [6.45, 7) is 6.15. The number of aryl methyl sites for hydroxylation is 1.